The maximum absolute atomic E-state index is 12.3. The lowest BCUT2D eigenvalue weighted by Gasteiger charge is -2.09. The molecule has 1 amide bonds. The molecular formula is C26H24N2O4. The van der Waals surface area contributed by atoms with Gasteiger partial charge < -0.3 is 9.47 Å². The molecule has 6 nitrogen and oxygen atoms in total. The van der Waals surface area contributed by atoms with Gasteiger partial charge in [0.05, 0.1) is 18.9 Å². The highest BCUT2D eigenvalue weighted by atomic mass is 16.5. The van der Waals surface area contributed by atoms with Crippen LogP contribution >= 0.6 is 0 Å². The molecule has 32 heavy (non-hydrogen) atoms. The number of carbonyl (C=O) groups excluding carboxylic acids is 2. The lowest BCUT2D eigenvalue weighted by Crippen LogP contribution is -2.17. The van der Waals surface area contributed by atoms with Crippen LogP contribution < -0.4 is 10.2 Å². The Morgan fingerprint density at radius 1 is 0.938 bits per heavy atom. The van der Waals surface area contributed by atoms with E-state index in [0.717, 1.165) is 29.7 Å². The monoisotopic (exact) mass is 428 g/mol. The van der Waals surface area contributed by atoms with Gasteiger partial charge in [-0.05, 0) is 77.9 Å². The van der Waals surface area contributed by atoms with Crippen molar-refractivity contribution in [2.45, 2.75) is 25.9 Å². The molecule has 0 saturated carbocycles. The van der Waals surface area contributed by atoms with Crippen molar-refractivity contribution in [3.63, 3.8) is 0 Å². The molecule has 3 aromatic rings. The molecule has 0 bridgehead atoms. The van der Waals surface area contributed by atoms with Gasteiger partial charge in [0.25, 0.3) is 5.91 Å². The van der Waals surface area contributed by atoms with Crippen molar-refractivity contribution < 1.29 is 19.1 Å². The maximum atomic E-state index is 12.3. The number of rotatable bonds is 7. The minimum atomic E-state index is -0.400. The molecule has 6 heteroatoms. The highest BCUT2D eigenvalue weighted by Gasteiger charge is 2.11. The molecular weight excluding hydrogens is 404 g/mol. The number of methoxy groups -OCH3 is 1. The zero-order valence-corrected chi connectivity index (χ0v) is 17.8. The second-order valence-electron chi connectivity index (χ2n) is 7.58. The topological polar surface area (TPSA) is 77.0 Å². The summed E-state index contributed by atoms with van der Waals surface area (Å²) in [5, 5.41) is 3.97. The van der Waals surface area contributed by atoms with E-state index in [4.69, 9.17) is 4.74 Å². The van der Waals surface area contributed by atoms with Crippen molar-refractivity contribution in [3.05, 3.63) is 100 Å². The third kappa shape index (κ3) is 5.21. The fraction of sp³-hybridized carbons (Fsp3) is 0.192. The summed E-state index contributed by atoms with van der Waals surface area (Å²) in [4.78, 5) is 23.7. The fourth-order valence-corrected chi connectivity index (χ4v) is 3.61. The summed E-state index contributed by atoms with van der Waals surface area (Å²) in [6.45, 7) is 0.445. The number of carbonyl (C=O) groups is 2. The Kier molecular flexibility index (Phi) is 6.60. The first kappa shape index (κ1) is 21.3. The van der Waals surface area contributed by atoms with Crippen molar-refractivity contribution >= 4 is 18.1 Å². The number of aryl methyl sites for hydroxylation is 2. The second kappa shape index (κ2) is 9.92. The number of fused-ring (bicyclic) bond motifs is 1. The Hall–Kier alpha value is -3.93. The van der Waals surface area contributed by atoms with Gasteiger partial charge in [0.2, 0.25) is 0 Å². The van der Waals surface area contributed by atoms with Crippen LogP contribution in [0.1, 0.15) is 49.4 Å². The highest BCUT2D eigenvalue weighted by Crippen LogP contribution is 2.26. The molecule has 0 saturated heterocycles. The molecule has 1 N–H and O–H groups in total. The molecule has 0 radical (unpaired) electrons. The summed E-state index contributed by atoms with van der Waals surface area (Å²) in [6, 6.07) is 20.3. The molecule has 0 unspecified atom stereocenters. The van der Waals surface area contributed by atoms with Crippen molar-refractivity contribution in [1.82, 2.24) is 5.43 Å². The minimum absolute atomic E-state index is 0.307. The van der Waals surface area contributed by atoms with Crippen LogP contribution in [0.4, 0.5) is 0 Å². The van der Waals surface area contributed by atoms with Crippen LogP contribution in [0, 0.1) is 0 Å². The van der Waals surface area contributed by atoms with Gasteiger partial charge in [0, 0.05) is 5.56 Å². The molecule has 162 valence electrons. The molecule has 1 aliphatic rings. The van der Waals surface area contributed by atoms with Gasteiger partial charge in [-0.3, -0.25) is 4.79 Å². The van der Waals surface area contributed by atoms with E-state index in [0.29, 0.717) is 17.7 Å². The predicted octanol–water partition coefficient (Wildman–Crippen LogP) is 4.30. The Balaban J connectivity index is 1.28. The van der Waals surface area contributed by atoms with E-state index >= 15 is 0 Å². The van der Waals surface area contributed by atoms with Crippen molar-refractivity contribution in [2.75, 3.05) is 7.11 Å². The van der Waals surface area contributed by atoms with Gasteiger partial charge in [0.15, 0.2) is 0 Å². The Morgan fingerprint density at radius 3 is 2.41 bits per heavy atom. The third-order valence-corrected chi connectivity index (χ3v) is 5.40. The van der Waals surface area contributed by atoms with Crippen LogP contribution in [0.3, 0.4) is 0 Å². The largest absolute Gasteiger partial charge is 0.489 e. The number of nitrogens with zero attached hydrogens (tertiary/aromatic N) is 1. The Morgan fingerprint density at radius 2 is 1.66 bits per heavy atom. The van der Waals surface area contributed by atoms with E-state index < -0.39 is 5.97 Å². The number of hydrogen-bond donors (Lipinski definition) is 1. The van der Waals surface area contributed by atoms with E-state index in [2.05, 4.69) is 27.4 Å². The molecule has 0 heterocycles. The summed E-state index contributed by atoms with van der Waals surface area (Å²) in [5.41, 5.74) is 8.00. The number of nitrogens with one attached hydrogen (secondary N) is 1. The first-order chi connectivity index (χ1) is 15.6. The average Bonchev–Trinajstić information content (AvgIpc) is 3.31. The van der Waals surface area contributed by atoms with Crippen LogP contribution in [0.15, 0.2) is 71.8 Å². The lowest BCUT2D eigenvalue weighted by molar-refractivity contribution is 0.0600. The summed E-state index contributed by atoms with van der Waals surface area (Å²) >= 11 is 0. The Labute approximate surface area is 186 Å². The first-order valence-electron chi connectivity index (χ1n) is 10.5. The molecule has 3 aromatic carbocycles. The minimum Gasteiger partial charge on any atom is -0.489 e. The zero-order valence-electron chi connectivity index (χ0n) is 17.8. The summed E-state index contributed by atoms with van der Waals surface area (Å²) < 4.78 is 10.6. The van der Waals surface area contributed by atoms with Crippen molar-refractivity contribution in [3.8, 4) is 5.75 Å². The van der Waals surface area contributed by atoms with Crippen LogP contribution in [-0.4, -0.2) is 25.2 Å². The predicted molar refractivity (Wildman–Crippen MR) is 122 cm³/mol. The number of ether oxygens (including phenoxy) is 2. The van der Waals surface area contributed by atoms with Crippen LogP contribution in [0.2, 0.25) is 0 Å². The van der Waals surface area contributed by atoms with E-state index in [9.17, 15) is 9.59 Å². The molecule has 1 aliphatic carbocycles. The van der Waals surface area contributed by atoms with Gasteiger partial charge in [0.1, 0.15) is 12.4 Å². The molecule has 0 aromatic heterocycles. The molecule has 0 atom stereocenters. The standard InChI is InChI=1S/C26H24N2O4/c1-31-26(30)22-11-5-18(6-12-22)16-27-28-25(29)21-9-7-19(8-10-21)17-32-24-14-13-20-3-2-4-23(20)15-24/h5-16H,2-4,17H2,1H3,(H,28,29)/b27-16-. The van der Waals surface area contributed by atoms with Gasteiger partial charge >= 0.3 is 5.97 Å². The summed E-state index contributed by atoms with van der Waals surface area (Å²) in [6.07, 6.45) is 5.01. The van der Waals surface area contributed by atoms with Crippen LogP contribution in [-0.2, 0) is 24.2 Å². The smallest absolute Gasteiger partial charge is 0.337 e. The van der Waals surface area contributed by atoms with Gasteiger partial charge in [-0.15, -0.1) is 0 Å². The number of benzene rings is 3. The van der Waals surface area contributed by atoms with Crippen LogP contribution in [0.5, 0.6) is 5.75 Å². The van der Waals surface area contributed by atoms with E-state index in [1.807, 2.05) is 18.2 Å². The maximum Gasteiger partial charge on any atom is 0.337 e. The third-order valence-electron chi connectivity index (χ3n) is 5.40. The van der Waals surface area contributed by atoms with Gasteiger partial charge in [-0.1, -0.05) is 30.3 Å². The number of hydrogen-bond acceptors (Lipinski definition) is 5. The molecule has 0 fully saturated rings. The quantitative estimate of drug-likeness (QED) is 0.346. The van der Waals surface area contributed by atoms with E-state index in [1.54, 1.807) is 36.4 Å². The molecule has 0 aliphatic heterocycles. The van der Waals surface area contributed by atoms with Crippen molar-refractivity contribution in [1.29, 1.82) is 0 Å². The van der Waals surface area contributed by atoms with Gasteiger partial charge in [-0.2, -0.15) is 5.10 Å². The average molecular weight is 428 g/mol. The number of hydrazone groups is 1. The molecule has 4 rings (SSSR count). The second-order valence-corrected chi connectivity index (χ2v) is 7.58. The zero-order chi connectivity index (χ0) is 22.3. The molecule has 0 spiro atoms. The normalized spacial score (nSPS) is 12.4. The lowest BCUT2D eigenvalue weighted by atomic mass is 10.1. The highest BCUT2D eigenvalue weighted by molar-refractivity contribution is 5.95. The summed E-state index contributed by atoms with van der Waals surface area (Å²) in [5.74, 6) is 0.169. The number of amides is 1. The Bertz CT molecular complexity index is 1140. The summed E-state index contributed by atoms with van der Waals surface area (Å²) in [7, 11) is 1.33. The SMILES string of the molecule is COC(=O)c1ccc(/C=N\NC(=O)c2ccc(COc3ccc4c(c3)CCC4)cc2)cc1. The van der Waals surface area contributed by atoms with Crippen molar-refractivity contribution in [2.24, 2.45) is 5.10 Å². The van der Waals surface area contributed by atoms with Crippen LogP contribution in [0.25, 0.3) is 0 Å². The van der Waals surface area contributed by atoms with Gasteiger partial charge in [-0.25, -0.2) is 10.2 Å². The van der Waals surface area contributed by atoms with E-state index in [1.165, 1.54) is 30.9 Å². The first-order valence-corrected chi connectivity index (χ1v) is 10.5. The number of esters is 1. The fourth-order valence-electron chi connectivity index (χ4n) is 3.61. The van der Waals surface area contributed by atoms with E-state index in [-0.39, 0.29) is 5.91 Å².